The molecule has 0 radical (unpaired) electrons. The average molecular weight is 524 g/mol. The minimum atomic E-state index is -0.875. The molecule has 1 atom stereocenters. The number of para-hydroxylation sites is 1. The van der Waals surface area contributed by atoms with Gasteiger partial charge in [-0.1, -0.05) is 49.6 Å². The summed E-state index contributed by atoms with van der Waals surface area (Å²) in [6, 6.07) is 19.7. The van der Waals surface area contributed by atoms with Crippen molar-refractivity contribution in [1.82, 2.24) is 9.88 Å². The molecule has 0 unspecified atom stereocenters. The van der Waals surface area contributed by atoms with Crippen molar-refractivity contribution in [3.8, 4) is 22.8 Å². The number of rotatable bonds is 6. The van der Waals surface area contributed by atoms with Gasteiger partial charge >= 0.3 is 0 Å². The minimum Gasteiger partial charge on any atom is -0.508 e. The number of fused-ring (bicyclic) bond motifs is 5. The quantitative estimate of drug-likeness (QED) is 0.320. The maximum absolute atomic E-state index is 13.4. The lowest BCUT2D eigenvalue weighted by Crippen LogP contribution is -2.45. The zero-order chi connectivity index (χ0) is 26.9. The monoisotopic (exact) mass is 523 g/mol. The minimum absolute atomic E-state index is 0.138. The van der Waals surface area contributed by atoms with Crippen LogP contribution < -0.4 is 15.8 Å². The molecule has 6 rings (SSSR count). The molecule has 1 aliphatic carbocycles. The van der Waals surface area contributed by atoms with Crippen LogP contribution in [0, 0.1) is 0 Å². The summed E-state index contributed by atoms with van der Waals surface area (Å²) in [6.07, 6.45) is 6.30. The van der Waals surface area contributed by atoms with Crippen molar-refractivity contribution in [2.24, 2.45) is 5.73 Å². The van der Waals surface area contributed by atoms with Gasteiger partial charge in [-0.3, -0.25) is 9.59 Å². The molecule has 1 aliphatic heterocycles. The number of ether oxygens (including phenoxy) is 1. The molecule has 1 saturated carbocycles. The molecule has 7 heteroatoms. The van der Waals surface area contributed by atoms with Crippen LogP contribution in [0.2, 0.25) is 0 Å². The molecular weight excluding hydrogens is 490 g/mol. The summed E-state index contributed by atoms with van der Waals surface area (Å²) in [4.78, 5) is 25.6. The molecule has 4 N–H and O–H groups in total. The molecule has 4 aromatic rings. The maximum atomic E-state index is 13.4. The lowest BCUT2D eigenvalue weighted by molar-refractivity contribution is -0.119. The highest BCUT2D eigenvalue weighted by Gasteiger charge is 2.29. The van der Waals surface area contributed by atoms with E-state index in [1.807, 2.05) is 24.3 Å². The van der Waals surface area contributed by atoms with Gasteiger partial charge in [0.05, 0.1) is 12.2 Å². The average Bonchev–Trinajstić information content (AvgIpc) is 3.15. The van der Waals surface area contributed by atoms with Crippen LogP contribution in [-0.2, 0) is 17.8 Å². The molecule has 7 nitrogen and oxygen atoms in total. The third-order valence-electron chi connectivity index (χ3n) is 8.12. The smallest absolute Gasteiger partial charge is 0.252 e. The predicted octanol–water partition coefficient (Wildman–Crippen LogP) is 5.28. The molecule has 3 aromatic carbocycles. The number of carbonyl (C=O) groups excluding carboxylic acids is 2. The van der Waals surface area contributed by atoms with Crippen molar-refractivity contribution in [2.45, 2.75) is 57.0 Å². The molecule has 39 heavy (non-hydrogen) atoms. The number of hydrogen-bond donors (Lipinski definition) is 3. The van der Waals surface area contributed by atoms with E-state index in [9.17, 15) is 14.7 Å². The van der Waals surface area contributed by atoms with Gasteiger partial charge < -0.3 is 25.5 Å². The van der Waals surface area contributed by atoms with Crippen LogP contribution in [0.5, 0.6) is 11.5 Å². The van der Waals surface area contributed by atoms with Crippen LogP contribution in [0.25, 0.3) is 22.2 Å². The number of hydrogen-bond acceptors (Lipinski definition) is 4. The summed E-state index contributed by atoms with van der Waals surface area (Å²) in [5.74, 6) is 0.543. The SMILES string of the molecule is NC(=O)[C@H](Cc1ccc(O)cc1)NC(=O)c1ccc2c(C3CCCCC3)c3n(c2c1)CCOc1ccccc1-3. The summed E-state index contributed by atoms with van der Waals surface area (Å²) in [6.45, 7) is 1.23. The zero-order valence-electron chi connectivity index (χ0n) is 21.9. The van der Waals surface area contributed by atoms with E-state index in [1.54, 1.807) is 24.3 Å². The highest BCUT2D eigenvalue weighted by Crippen LogP contribution is 2.47. The van der Waals surface area contributed by atoms with Crippen LogP contribution in [0.3, 0.4) is 0 Å². The van der Waals surface area contributed by atoms with Crippen LogP contribution in [0.15, 0.2) is 66.7 Å². The molecule has 2 aliphatic rings. The standard InChI is InChI=1S/C32H33N3O4/c33-31(37)26(18-20-10-13-23(36)14-11-20)34-32(38)22-12-15-24-27(19-22)35-16-17-39-28-9-5-4-8-25(28)30(35)29(24)21-6-2-1-3-7-21/h4-5,8-15,19,21,26,36H,1-3,6-7,16-18H2,(H2,33,37)(H,34,38)/t26-/m0/s1. The van der Waals surface area contributed by atoms with Crippen molar-refractivity contribution in [2.75, 3.05) is 6.61 Å². The van der Waals surface area contributed by atoms with E-state index in [0.717, 1.165) is 35.2 Å². The Hall–Kier alpha value is -4.26. The molecule has 0 bridgehead atoms. The molecule has 0 saturated heterocycles. The van der Waals surface area contributed by atoms with E-state index in [0.29, 0.717) is 24.6 Å². The fraction of sp³-hybridized carbons (Fsp3) is 0.312. The molecule has 2 heterocycles. The largest absolute Gasteiger partial charge is 0.508 e. The third kappa shape index (κ3) is 4.85. The first-order chi connectivity index (χ1) is 19.0. The van der Waals surface area contributed by atoms with Gasteiger partial charge in [0.2, 0.25) is 5.91 Å². The second kappa shape index (κ2) is 10.5. The lowest BCUT2D eigenvalue weighted by Gasteiger charge is -2.23. The Morgan fingerprint density at radius 2 is 1.79 bits per heavy atom. The van der Waals surface area contributed by atoms with Crippen LogP contribution in [0.4, 0.5) is 0 Å². The van der Waals surface area contributed by atoms with Gasteiger partial charge in [-0.05, 0) is 66.3 Å². The molecular formula is C32H33N3O4. The van der Waals surface area contributed by atoms with Crippen LogP contribution >= 0.6 is 0 Å². The molecule has 1 fully saturated rings. The first-order valence-corrected chi connectivity index (χ1v) is 13.8. The van der Waals surface area contributed by atoms with Gasteiger partial charge in [0.15, 0.2) is 0 Å². The van der Waals surface area contributed by atoms with Gasteiger partial charge in [-0.15, -0.1) is 0 Å². The number of nitrogens with one attached hydrogen (secondary N) is 1. The van der Waals surface area contributed by atoms with Gasteiger partial charge in [-0.2, -0.15) is 0 Å². The number of aromatic hydroxyl groups is 1. The Balaban J connectivity index is 1.39. The van der Waals surface area contributed by atoms with E-state index in [1.165, 1.54) is 35.9 Å². The Morgan fingerprint density at radius 1 is 1.03 bits per heavy atom. The van der Waals surface area contributed by atoms with Crippen molar-refractivity contribution in [1.29, 1.82) is 0 Å². The molecule has 200 valence electrons. The van der Waals surface area contributed by atoms with E-state index < -0.39 is 11.9 Å². The molecule has 2 amide bonds. The number of phenolic OH excluding ortho intramolecular Hbond substituents is 1. The number of benzene rings is 3. The van der Waals surface area contributed by atoms with Gasteiger partial charge in [0.25, 0.3) is 5.91 Å². The summed E-state index contributed by atoms with van der Waals surface area (Å²) in [5.41, 5.74) is 11.6. The maximum Gasteiger partial charge on any atom is 0.252 e. The fourth-order valence-electron chi connectivity index (χ4n) is 6.21. The number of primary amides is 1. The Kier molecular flexibility index (Phi) is 6.73. The van der Waals surface area contributed by atoms with Crippen molar-refractivity contribution in [3.63, 3.8) is 0 Å². The normalized spacial score (nSPS) is 16.0. The first-order valence-electron chi connectivity index (χ1n) is 13.8. The highest BCUT2D eigenvalue weighted by molar-refractivity contribution is 6.02. The number of amides is 2. The summed E-state index contributed by atoms with van der Waals surface area (Å²) in [5, 5.41) is 13.6. The number of nitrogens with zero attached hydrogens (tertiary/aromatic N) is 1. The lowest BCUT2D eigenvalue weighted by atomic mass is 9.81. The summed E-state index contributed by atoms with van der Waals surface area (Å²) < 4.78 is 8.44. The number of aromatic nitrogens is 1. The molecule has 1 aromatic heterocycles. The van der Waals surface area contributed by atoms with Gasteiger partial charge in [-0.25, -0.2) is 0 Å². The molecule has 0 spiro atoms. The number of carbonyl (C=O) groups is 2. The van der Waals surface area contributed by atoms with E-state index in [-0.39, 0.29) is 18.1 Å². The highest BCUT2D eigenvalue weighted by atomic mass is 16.5. The fourth-order valence-corrected chi connectivity index (χ4v) is 6.21. The van der Waals surface area contributed by atoms with Crippen molar-refractivity contribution < 1.29 is 19.4 Å². The Morgan fingerprint density at radius 3 is 2.56 bits per heavy atom. The van der Waals surface area contributed by atoms with E-state index >= 15 is 0 Å². The van der Waals surface area contributed by atoms with Gasteiger partial charge in [0.1, 0.15) is 24.1 Å². The first kappa shape index (κ1) is 25.0. The predicted molar refractivity (Wildman–Crippen MR) is 151 cm³/mol. The number of nitrogens with two attached hydrogens (primary N) is 1. The van der Waals surface area contributed by atoms with Crippen LogP contribution in [-0.4, -0.2) is 34.1 Å². The number of phenols is 1. The summed E-state index contributed by atoms with van der Waals surface area (Å²) >= 11 is 0. The summed E-state index contributed by atoms with van der Waals surface area (Å²) in [7, 11) is 0. The van der Waals surface area contributed by atoms with E-state index in [2.05, 4.69) is 28.1 Å². The van der Waals surface area contributed by atoms with E-state index in [4.69, 9.17) is 10.5 Å². The second-order valence-corrected chi connectivity index (χ2v) is 10.6. The topological polar surface area (TPSA) is 107 Å². The van der Waals surface area contributed by atoms with Crippen molar-refractivity contribution in [3.05, 3.63) is 83.4 Å². The Bertz CT molecular complexity index is 1530. The third-order valence-corrected chi connectivity index (χ3v) is 8.12. The van der Waals surface area contributed by atoms with Crippen LogP contribution in [0.1, 0.15) is 59.5 Å². The van der Waals surface area contributed by atoms with Gasteiger partial charge in [0, 0.05) is 28.5 Å². The second-order valence-electron chi connectivity index (χ2n) is 10.6. The van der Waals surface area contributed by atoms with Crippen molar-refractivity contribution >= 4 is 22.7 Å². The Labute approximate surface area is 227 Å². The zero-order valence-corrected chi connectivity index (χ0v) is 21.9.